The zero-order chi connectivity index (χ0) is 11.2. The van der Waals surface area contributed by atoms with E-state index in [1.807, 2.05) is 24.3 Å². The van der Waals surface area contributed by atoms with Crippen molar-refractivity contribution in [2.45, 2.75) is 5.92 Å². The number of benzene rings is 1. The van der Waals surface area contributed by atoms with Gasteiger partial charge in [0.2, 0.25) is 0 Å². The third-order valence-electron chi connectivity index (χ3n) is 2.60. The van der Waals surface area contributed by atoms with Crippen LogP contribution in [0.25, 0.3) is 11.0 Å². The quantitative estimate of drug-likeness (QED) is 0.738. The van der Waals surface area contributed by atoms with Gasteiger partial charge in [-0.25, -0.2) is 13.8 Å². The standard InChI is InChI=1S/C11H9F2N3/c12-11(13)6-16(7-11)10-5-14-8-3-1-2-4-9(8)15-10/h1-5H,6-7H2. The lowest BCUT2D eigenvalue weighted by atomic mass is 10.1. The highest BCUT2D eigenvalue weighted by molar-refractivity contribution is 5.75. The molecule has 0 spiro atoms. The molecule has 16 heavy (non-hydrogen) atoms. The predicted molar refractivity (Wildman–Crippen MR) is 56.7 cm³/mol. The normalized spacial score (nSPS) is 18.5. The second kappa shape index (κ2) is 3.10. The Hall–Kier alpha value is -1.78. The molecule has 3 nitrogen and oxygen atoms in total. The van der Waals surface area contributed by atoms with Crippen LogP contribution in [0, 0.1) is 0 Å². The van der Waals surface area contributed by atoms with Gasteiger partial charge in [0.1, 0.15) is 5.82 Å². The van der Waals surface area contributed by atoms with Crippen LogP contribution >= 0.6 is 0 Å². The number of para-hydroxylation sites is 2. The van der Waals surface area contributed by atoms with E-state index < -0.39 is 5.92 Å². The van der Waals surface area contributed by atoms with E-state index in [1.165, 1.54) is 11.1 Å². The summed E-state index contributed by atoms with van der Waals surface area (Å²) in [6, 6.07) is 7.39. The van der Waals surface area contributed by atoms with Crippen molar-refractivity contribution in [2.75, 3.05) is 18.0 Å². The predicted octanol–water partition coefficient (Wildman–Crippen LogP) is 2.09. The second-order valence-corrected chi connectivity index (χ2v) is 3.93. The summed E-state index contributed by atoms with van der Waals surface area (Å²) in [5.41, 5.74) is 1.51. The Morgan fingerprint density at radius 3 is 2.50 bits per heavy atom. The molecule has 0 amide bonds. The molecule has 1 saturated heterocycles. The molecule has 0 atom stereocenters. The van der Waals surface area contributed by atoms with Gasteiger partial charge in [0, 0.05) is 0 Å². The number of rotatable bonds is 1. The van der Waals surface area contributed by atoms with Gasteiger partial charge in [0.15, 0.2) is 0 Å². The summed E-state index contributed by atoms with van der Waals surface area (Å²) in [6.07, 6.45) is 1.54. The lowest BCUT2D eigenvalue weighted by Crippen LogP contribution is -2.56. The number of fused-ring (bicyclic) bond motifs is 1. The zero-order valence-corrected chi connectivity index (χ0v) is 8.40. The molecule has 3 rings (SSSR count). The summed E-state index contributed by atoms with van der Waals surface area (Å²) < 4.78 is 25.4. The summed E-state index contributed by atoms with van der Waals surface area (Å²) in [6.45, 7) is -0.528. The summed E-state index contributed by atoms with van der Waals surface area (Å²) in [5, 5.41) is 0. The topological polar surface area (TPSA) is 29.0 Å². The molecule has 0 bridgehead atoms. The Kier molecular flexibility index (Phi) is 1.83. The van der Waals surface area contributed by atoms with Crippen LogP contribution < -0.4 is 4.90 Å². The molecule has 0 N–H and O–H groups in total. The Bertz CT molecular complexity index is 533. The van der Waals surface area contributed by atoms with E-state index in [1.54, 1.807) is 0 Å². The number of anilines is 1. The number of alkyl halides is 2. The van der Waals surface area contributed by atoms with Gasteiger partial charge < -0.3 is 4.90 Å². The SMILES string of the molecule is FC1(F)CN(c2cnc3ccccc3n2)C1. The molecule has 2 heterocycles. The molecule has 0 radical (unpaired) electrons. The maximum atomic E-state index is 12.7. The minimum Gasteiger partial charge on any atom is -0.343 e. The smallest absolute Gasteiger partial charge is 0.282 e. The molecule has 0 unspecified atom stereocenters. The number of aromatic nitrogens is 2. The van der Waals surface area contributed by atoms with Gasteiger partial charge in [0.25, 0.3) is 5.92 Å². The first-order valence-corrected chi connectivity index (χ1v) is 4.99. The highest BCUT2D eigenvalue weighted by Gasteiger charge is 2.44. The lowest BCUT2D eigenvalue weighted by Gasteiger charge is -2.39. The Labute approximate surface area is 90.7 Å². The van der Waals surface area contributed by atoms with Crippen molar-refractivity contribution in [2.24, 2.45) is 0 Å². The molecular weight excluding hydrogens is 212 g/mol. The first-order chi connectivity index (χ1) is 7.64. The number of halogens is 2. The Balaban J connectivity index is 1.94. The largest absolute Gasteiger partial charge is 0.343 e. The fourth-order valence-corrected chi connectivity index (χ4v) is 1.77. The van der Waals surface area contributed by atoms with E-state index in [4.69, 9.17) is 0 Å². The Morgan fingerprint density at radius 2 is 1.81 bits per heavy atom. The van der Waals surface area contributed by atoms with Gasteiger partial charge >= 0.3 is 0 Å². The van der Waals surface area contributed by atoms with Crippen molar-refractivity contribution < 1.29 is 8.78 Å². The van der Waals surface area contributed by atoms with Crippen LogP contribution in [-0.2, 0) is 0 Å². The number of hydrogen-bond acceptors (Lipinski definition) is 3. The lowest BCUT2D eigenvalue weighted by molar-refractivity contribution is -0.0267. The first kappa shape index (κ1) is 9.45. The summed E-state index contributed by atoms with van der Waals surface area (Å²) in [7, 11) is 0. The minimum atomic E-state index is -2.58. The summed E-state index contributed by atoms with van der Waals surface area (Å²) >= 11 is 0. The maximum absolute atomic E-state index is 12.7. The molecule has 0 aliphatic carbocycles. The van der Waals surface area contributed by atoms with Crippen LogP contribution in [0.3, 0.4) is 0 Å². The average molecular weight is 221 g/mol. The monoisotopic (exact) mass is 221 g/mol. The third-order valence-corrected chi connectivity index (χ3v) is 2.60. The molecule has 1 aromatic carbocycles. The van der Waals surface area contributed by atoms with Crippen LogP contribution in [0.2, 0.25) is 0 Å². The van der Waals surface area contributed by atoms with Crippen molar-refractivity contribution >= 4 is 16.9 Å². The van der Waals surface area contributed by atoms with Gasteiger partial charge in [-0.3, -0.25) is 4.98 Å². The molecule has 1 aliphatic rings. The highest BCUT2D eigenvalue weighted by Crippen LogP contribution is 2.30. The third kappa shape index (κ3) is 1.48. The van der Waals surface area contributed by atoms with Gasteiger partial charge in [-0.15, -0.1) is 0 Å². The van der Waals surface area contributed by atoms with Crippen LogP contribution in [0.1, 0.15) is 0 Å². The van der Waals surface area contributed by atoms with Crippen LogP contribution in [-0.4, -0.2) is 29.0 Å². The van der Waals surface area contributed by atoms with Crippen molar-refractivity contribution in [3.05, 3.63) is 30.5 Å². The van der Waals surface area contributed by atoms with Gasteiger partial charge in [-0.1, -0.05) is 12.1 Å². The van der Waals surface area contributed by atoms with Crippen molar-refractivity contribution in [3.8, 4) is 0 Å². The molecular formula is C11H9F2N3. The van der Waals surface area contributed by atoms with Crippen molar-refractivity contribution in [1.29, 1.82) is 0 Å². The van der Waals surface area contributed by atoms with Crippen LogP contribution in [0.4, 0.5) is 14.6 Å². The van der Waals surface area contributed by atoms with Crippen LogP contribution in [0.5, 0.6) is 0 Å². The van der Waals surface area contributed by atoms with E-state index in [9.17, 15) is 8.78 Å². The van der Waals surface area contributed by atoms with E-state index >= 15 is 0 Å². The maximum Gasteiger partial charge on any atom is 0.282 e. The fraction of sp³-hybridized carbons (Fsp3) is 0.273. The van der Waals surface area contributed by atoms with E-state index in [0.717, 1.165) is 11.0 Å². The summed E-state index contributed by atoms with van der Waals surface area (Å²) in [5.74, 6) is -2.06. The molecule has 5 heteroatoms. The van der Waals surface area contributed by atoms with E-state index in [0.29, 0.717) is 5.82 Å². The summed E-state index contributed by atoms with van der Waals surface area (Å²) in [4.78, 5) is 10.0. The molecule has 1 aromatic heterocycles. The minimum absolute atomic E-state index is 0.264. The van der Waals surface area contributed by atoms with E-state index in [-0.39, 0.29) is 13.1 Å². The van der Waals surface area contributed by atoms with E-state index in [2.05, 4.69) is 9.97 Å². The van der Waals surface area contributed by atoms with Gasteiger partial charge in [-0.2, -0.15) is 0 Å². The number of nitrogens with zero attached hydrogens (tertiary/aromatic N) is 3. The van der Waals surface area contributed by atoms with Gasteiger partial charge in [0.05, 0.1) is 30.3 Å². The van der Waals surface area contributed by atoms with Crippen molar-refractivity contribution in [3.63, 3.8) is 0 Å². The fourth-order valence-electron chi connectivity index (χ4n) is 1.77. The molecule has 0 saturated carbocycles. The molecule has 82 valence electrons. The van der Waals surface area contributed by atoms with Crippen LogP contribution in [0.15, 0.2) is 30.5 Å². The second-order valence-electron chi connectivity index (χ2n) is 3.93. The zero-order valence-electron chi connectivity index (χ0n) is 8.40. The van der Waals surface area contributed by atoms with Gasteiger partial charge in [-0.05, 0) is 12.1 Å². The molecule has 2 aromatic rings. The first-order valence-electron chi connectivity index (χ1n) is 4.99. The molecule has 1 aliphatic heterocycles. The Morgan fingerprint density at radius 1 is 1.12 bits per heavy atom. The number of hydrogen-bond donors (Lipinski definition) is 0. The highest BCUT2D eigenvalue weighted by atomic mass is 19.3. The molecule has 1 fully saturated rings. The van der Waals surface area contributed by atoms with Crippen molar-refractivity contribution in [1.82, 2.24) is 9.97 Å². The average Bonchev–Trinajstić information content (AvgIpc) is 2.25.